The molecule has 12 nitrogen and oxygen atoms in total. The molecule has 0 spiro atoms. The summed E-state index contributed by atoms with van der Waals surface area (Å²) in [6.07, 6.45) is 5.19. The molecule has 0 heterocycles. The maximum absolute atomic E-state index is 12.9. The van der Waals surface area contributed by atoms with Crippen molar-refractivity contribution < 1.29 is 61.8 Å². The summed E-state index contributed by atoms with van der Waals surface area (Å²) in [5.41, 5.74) is 9.82. The van der Waals surface area contributed by atoms with Crippen LogP contribution in [0.2, 0.25) is 10.0 Å². The van der Waals surface area contributed by atoms with Crippen LogP contribution in [-0.4, -0.2) is 57.8 Å². The number of benzene rings is 8. The highest BCUT2D eigenvalue weighted by atomic mass is 35.5. The Bertz CT molecular complexity index is 3970. The fourth-order valence-electron chi connectivity index (χ4n) is 12.7. The van der Waals surface area contributed by atoms with E-state index in [1.54, 1.807) is 42.5 Å². The van der Waals surface area contributed by atoms with Gasteiger partial charge in [0.15, 0.2) is 0 Å². The van der Waals surface area contributed by atoms with Crippen LogP contribution < -0.4 is 9.47 Å². The lowest BCUT2D eigenvalue weighted by atomic mass is 9.82. The second-order valence-electron chi connectivity index (χ2n) is 25.9. The number of ether oxygens (including phenoxy) is 2. The number of carbonyl (C=O) groups excluding carboxylic acids is 10. The second-order valence-corrected chi connectivity index (χ2v) is 26.8. The minimum Gasteiger partial charge on any atom is -0.457 e. The summed E-state index contributed by atoms with van der Waals surface area (Å²) in [5.74, 6) is 3.24. The number of carbonyl (C=O) groups is 10. The Morgan fingerprint density at radius 2 is 0.629 bits per heavy atom. The SMILES string of the molecule is CC(C)c1cccc(C2CC(=O)CC(=O)C2)c1.Cc1ccc(C2CC(=O)CC(=O)C2)cc1.O=C1CC(=O)CC(c2cccc(-c3ccc(Cl)cc3)c2)C1.O=C1CC(=O)CC(c2cccc(Oc3ccc(Cl)cc3)c2)C1.O=C1CC(=O)CC(c2cccc(Oc3ccc(F)cc3)c2)C1. The predicted octanol–water partition coefficient (Wildman–Crippen LogP) is 18.6. The van der Waals surface area contributed by atoms with Gasteiger partial charge in [-0.2, -0.15) is 0 Å². The minimum atomic E-state index is -0.319. The van der Waals surface area contributed by atoms with Gasteiger partial charge in [0.2, 0.25) is 0 Å². The molecule has 0 aromatic heterocycles. The molecule has 498 valence electrons. The maximum Gasteiger partial charge on any atom is 0.140 e. The molecule has 0 saturated heterocycles. The van der Waals surface area contributed by atoms with Crippen LogP contribution in [0.3, 0.4) is 0 Å². The minimum absolute atomic E-state index is 0.00824. The highest BCUT2D eigenvalue weighted by molar-refractivity contribution is 6.31. The van der Waals surface area contributed by atoms with E-state index in [4.69, 9.17) is 32.7 Å². The summed E-state index contributed by atoms with van der Waals surface area (Å²) in [4.78, 5) is 115. The topological polar surface area (TPSA) is 189 Å². The van der Waals surface area contributed by atoms with Crippen molar-refractivity contribution in [1.29, 1.82) is 0 Å². The van der Waals surface area contributed by atoms with E-state index < -0.39 is 0 Å². The van der Waals surface area contributed by atoms with Crippen LogP contribution in [0.5, 0.6) is 23.0 Å². The molecule has 0 aliphatic heterocycles. The normalized spacial score (nSPS) is 16.6. The van der Waals surface area contributed by atoms with Crippen molar-refractivity contribution >= 4 is 81.0 Å². The first kappa shape index (κ1) is 71.9. The Morgan fingerprint density at radius 1 is 0.320 bits per heavy atom. The molecule has 0 radical (unpaired) electrons. The molecule has 0 amide bonds. The number of hydrogen-bond acceptors (Lipinski definition) is 12. The third kappa shape index (κ3) is 22.3. The van der Waals surface area contributed by atoms with E-state index >= 15 is 0 Å². The third-order valence-corrected chi connectivity index (χ3v) is 18.1. The standard InChI is InChI=1S/C18H15ClO3.C18H15ClO2.C18H15FO3.C15H18O2.C13H14O2/c19-14-4-6-17(7-5-14)22-18-3-1-2-12(10-18)13-8-15(20)11-16(21)9-13;19-16-6-4-12(5-7-16)13-2-1-3-14(8-13)15-9-17(20)11-18(21)10-15;19-14-4-6-17(7-5-14)22-18-3-1-2-12(10-18)13-8-15(20)11-16(21)9-13;1-10(2)11-4-3-5-12(6-11)13-7-14(16)9-15(17)8-13;1-9-2-4-10(5-3-9)11-6-12(14)8-13(15)7-11/h1-7,10,13H,8-9,11H2;1-8,15H,9-11H2;1-7,10,13H,8-9,11H2;3-6,10,13H,7-9H2,1-2H3;2-5,11H,6-8H2,1H3. The molecule has 13 rings (SSSR count). The Kier molecular flexibility index (Phi) is 25.5. The van der Waals surface area contributed by atoms with Gasteiger partial charge in [0, 0.05) is 74.3 Å². The molecule has 0 N–H and O–H groups in total. The lowest BCUT2D eigenvalue weighted by molar-refractivity contribution is -0.131. The molecule has 0 bridgehead atoms. The maximum atomic E-state index is 12.9. The zero-order chi connectivity index (χ0) is 69.1. The van der Waals surface area contributed by atoms with E-state index in [1.165, 1.54) is 23.3 Å². The monoisotopic (exact) mass is 1340 g/mol. The van der Waals surface area contributed by atoms with Crippen molar-refractivity contribution in [2.24, 2.45) is 0 Å². The van der Waals surface area contributed by atoms with Crippen molar-refractivity contribution in [3.63, 3.8) is 0 Å². The van der Waals surface area contributed by atoms with Gasteiger partial charge in [-0.25, -0.2) is 4.39 Å². The van der Waals surface area contributed by atoms with Gasteiger partial charge in [-0.15, -0.1) is 0 Å². The molecule has 8 aromatic rings. The lowest BCUT2D eigenvalue weighted by Crippen LogP contribution is -2.21. The summed E-state index contributed by atoms with van der Waals surface area (Å²) < 4.78 is 24.4. The van der Waals surface area contributed by atoms with Crippen molar-refractivity contribution in [2.45, 2.75) is 153 Å². The first-order valence-corrected chi connectivity index (χ1v) is 33.5. The molecular weight excluding hydrogens is 1270 g/mol. The highest BCUT2D eigenvalue weighted by Crippen LogP contribution is 2.37. The Morgan fingerprint density at radius 3 is 1.00 bits per heavy atom. The summed E-state index contributed by atoms with van der Waals surface area (Å²) in [6.45, 7) is 6.33. The van der Waals surface area contributed by atoms with Crippen LogP contribution in [0, 0.1) is 12.7 Å². The molecule has 5 fully saturated rings. The summed E-state index contributed by atoms with van der Waals surface area (Å²) in [7, 11) is 0. The number of halogens is 3. The van der Waals surface area contributed by atoms with Crippen LogP contribution in [0.4, 0.5) is 4.39 Å². The molecule has 0 unspecified atom stereocenters. The summed E-state index contributed by atoms with van der Waals surface area (Å²) >= 11 is 11.8. The first-order chi connectivity index (χ1) is 46.5. The van der Waals surface area contributed by atoms with Gasteiger partial charge in [0.25, 0.3) is 0 Å². The van der Waals surface area contributed by atoms with Crippen molar-refractivity contribution in [3.05, 3.63) is 249 Å². The molecule has 5 saturated carbocycles. The Balaban J connectivity index is 0.000000143. The van der Waals surface area contributed by atoms with Gasteiger partial charge in [0.05, 0.1) is 32.1 Å². The Labute approximate surface area is 575 Å². The number of rotatable bonds is 11. The number of hydrogen-bond donors (Lipinski definition) is 0. The van der Waals surface area contributed by atoms with Crippen LogP contribution in [0.1, 0.15) is 185 Å². The van der Waals surface area contributed by atoms with E-state index in [2.05, 4.69) is 32.0 Å². The van der Waals surface area contributed by atoms with Gasteiger partial charge in [-0.3, -0.25) is 47.9 Å². The average molecular weight is 1340 g/mol. The van der Waals surface area contributed by atoms with Gasteiger partial charge < -0.3 is 9.47 Å². The van der Waals surface area contributed by atoms with Gasteiger partial charge in [-0.1, -0.05) is 152 Å². The van der Waals surface area contributed by atoms with Crippen LogP contribution in [0.15, 0.2) is 194 Å². The average Bonchev–Trinajstić information content (AvgIpc) is 0.908. The quantitative estimate of drug-likeness (QED) is 0.112. The third-order valence-electron chi connectivity index (χ3n) is 17.6. The van der Waals surface area contributed by atoms with E-state index in [0.717, 1.165) is 38.9 Å². The molecule has 5 aliphatic carbocycles. The van der Waals surface area contributed by atoms with Crippen LogP contribution in [0.25, 0.3) is 11.1 Å². The fourth-order valence-corrected chi connectivity index (χ4v) is 12.9. The molecule has 8 aromatic carbocycles. The molecule has 0 atom stereocenters. The molecular formula is C82H77Cl2FO12. The fraction of sp³-hybridized carbons (Fsp3) is 0.293. The second kappa shape index (κ2) is 34.5. The molecule has 5 aliphatic rings. The van der Waals surface area contributed by atoms with Crippen molar-refractivity contribution in [2.75, 3.05) is 0 Å². The van der Waals surface area contributed by atoms with Crippen LogP contribution in [-0.2, 0) is 47.9 Å². The first-order valence-electron chi connectivity index (χ1n) is 32.8. The van der Waals surface area contributed by atoms with Crippen molar-refractivity contribution in [3.8, 4) is 34.1 Å². The number of Topliss-reactive ketones (excluding diaryl/α,β-unsaturated/α-hetero) is 10. The lowest BCUT2D eigenvalue weighted by Gasteiger charge is -2.21. The van der Waals surface area contributed by atoms with Crippen molar-refractivity contribution in [1.82, 2.24) is 0 Å². The van der Waals surface area contributed by atoms with Crippen LogP contribution >= 0.6 is 23.2 Å². The number of ketones is 10. The Hall–Kier alpha value is -9.43. The van der Waals surface area contributed by atoms with E-state index in [9.17, 15) is 52.3 Å². The van der Waals surface area contributed by atoms with E-state index in [0.29, 0.717) is 103 Å². The summed E-state index contributed by atoms with van der Waals surface area (Å²) in [6, 6.07) is 59.9. The zero-order valence-electron chi connectivity index (χ0n) is 54.6. The zero-order valence-corrected chi connectivity index (χ0v) is 56.1. The smallest absolute Gasteiger partial charge is 0.140 e. The predicted molar refractivity (Wildman–Crippen MR) is 373 cm³/mol. The van der Waals surface area contributed by atoms with E-state index in [1.807, 2.05) is 128 Å². The van der Waals surface area contributed by atoms with E-state index in [-0.39, 0.29) is 125 Å². The highest BCUT2D eigenvalue weighted by Gasteiger charge is 2.31. The van der Waals surface area contributed by atoms with Gasteiger partial charge >= 0.3 is 0 Å². The summed E-state index contributed by atoms with van der Waals surface area (Å²) in [5, 5.41) is 1.36. The van der Waals surface area contributed by atoms with Gasteiger partial charge in [-0.05, 0) is 172 Å². The number of aryl methyl sites for hydroxylation is 1. The largest absolute Gasteiger partial charge is 0.457 e. The molecule has 15 heteroatoms. The molecule has 97 heavy (non-hydrogen) atoms. The van der Waals surface area contributed by atoms with Gasteiger partial charge in [0.1, 0.15) is 86.6 Å².